The first-order valence-corrected chi connectivity index (χ1v) is 7.62. The van der Waals surface area contributed by atoms with Crippen LogP contribution in [-0.4, -0.2) is 17.4 Å². The van der Waals surface area contributed by atoms with Crippen LogP contribution in [0.3, 0.4) is 0 Å². The first-order valence-electron chi connectivity index (χ1n) is 6.74. The molecule has 3 N–H and O–H groups in total. The SMILES string of the molecule is CCc1ccccc1CNC(=O)c1csc(CCN)n1. The van der Waals surface area contributed by atoms with Crippen LogP contribution in [0, 0.1) is 0 Å². The minimum absolute atomic E-state index is 0.129. The highest BCUT2D eigenvalue weighted by atomic mass is 32.1. The van der Waals surface area contributed by atoms with Gasteiger partial charge in [0.05, 0.1) is 5.01 Å². The fourth-order valence-corrected chi connectivity index (χ4v) is 2.79. The molecule has 1 heterocycles. The Balaban J connectivity index is 1.97. The Labute approximate surface area is 123 Å². The van der Waals surface area contributed by atoms with Gasteiger partial charge in [-0.25, -0.2) is 4.98 Å². The number of benzene rings is 1. The molecule has 20 heavy (non-hydrogen) atoms. The molecule has 1 amide bonds. The minimum Gasteiger partial charge on any atom is -0.347 e. The minimum atomic E-state index is -0.129. The number of nitrogens with zero attached hydrogens (tertiary/aromatic N) is 1. The topological polar surface area (TPSA) is 68.0 Å². The fraction of sp³-hybridized carbons (Fsp3) is 0.333. The van der Waals surface area contributed by atoms with E-state index in [0.29, 0.717) is 18.8 Å². The highest BCUT2D eigenvalue weighted by molar-refractivity contribution is 7.09. The number of aryl methyl sites for hydroxylation is 1. The van der Waals surface area contributed by atoms with Crippen molar-refractivity contribution >= 4 is 17.2 Å². The van der Waals surface area contributed by atoms with Crippen molar-refractivity contribution in [1.29, 1.82) is 0 Å². The predicted octanol–water partition coefficient (Wildman–Crippen LogP) is 2.14. The van der Waals surface area contributed by atoms with E-state index in [1.165, 1.54) is 16.9 Å². The number of hydrogen-bond donors (Lipinski definition) is 2. The standard InChI is InChI=1S/C15H19N3OS/c1-2-11-5-3-4-6-12(11)9-17-15(19)13-10-20-14(18-13)7-8-16/h3-6,10H,2,7-9,16H2,1H3,(H,17,19). The summed E-state index contributed by atoms with van der Waals surface area (Å²) in [4.78, 5) is 16.3. The molecule has 0 saturated carbocycles. The molecule has 2 rings (SSSR count). The first-order chi connectivity index (χ1) is 9.74. The Morgan fingerprint density at radius 1 is 1.35 bits per heavy atom. The largest absolute Gasteiger partial charge is 0.347 e. The van der Waals surface area contributed by atoms with E-state index in [-0.39, 0.29) is 5.91 Å². The molecule has 106 valence electrons. The maximum absolute atomic E-state index is 12.0. The summed E-state index contributed by atoms with van der Waals surface area (Å²) < 4.78 is 0. The summed E-state index contributed by atoms with van der Waals surface area (Å²) in [5, 5.41) is 5.61. The number of carbonyl (C=O) groups excluding carboxylic acids is 1. The zero-order valence-electron chi connectivity index (χ0n) is 11.6. The van der Waals surface area contributed by atoms with Gasteiger partial charge in [0.2, 0.25) is 0 Å². The van der Waals surface area contributed by atoms with Gasteiger partial charge in [-0.05, 0) is 24.1 Å². The molecule has 0 saturated heterocycles. The molecule has 4 nitrogen and oxygen atoms in total. The van der Waals surface area contributed by atoms with E-state index in [1.807, 2.05) is 18.2 Å². The molecule has 5 heteroatoms. The normalized spacial score (nSPS) is 10.5. The van der Waals surface area contributed by atoms with Gasteiger partial charge >= 0.3 is 0 Å². The molecule has 0 radical (unpaired) electrons. The second-order valence-electron chi connectivity index (χ2n) is 4.47. The van der Waals surface area contributed by atoms with Gasteiger partial charge in [0, 0.05) is 18.3 Å². The number of hydrogen-bond acceptors (Lipinski definition) is 4. The number of amides is 1. The van der Waals surface area contributed by atoms with Gasteiger partial charge in [-0.15, -0.1) is 11.3 Å². The van der Waals surface area contributed by atoms with E-state index in [2.05, 4.69) is 23.3 Å². The molecule has 0 spiro atoms. The highest BCUT2D eigenvalue weighted by Gasteiger charge is 2.10. The summed E-state index contributed by atoms with van der Waals surface area (Å²) in [5.41, 5.74) is 8.37. The van der Waals surface area contributed by atoms with E-state index in [0.717, 1.165) is 23.4 Å². The van der Waals surface area contributed by atoms with Crippen LogP contribution in [0.15, 0.2) is 29.6 Å². The van der Waals surface area contributed by atoms with Crippen LogP contribution >= 0.6 is 11.3 Å². The summed E-state index contributed by atoms with van der Waals surface area (Å²) >= 11 is 1.48. The second-order valence-corrected chi connectivity index (χ2v) is 5.41. The molecule has 0 bridgehead atoms. The Morgan fingerprint density at radius 2 is 2.10 bits per heavy atom. The molecule has 1 aromatic heterocycles. The van der Waals surface area contributed by atoms with Crippen molar-refractivity contribution in [3.8, 4) is 0 Å². The molecular weight excluding hydrogens is 270 g/mol. The summed E-state index contributed by atoms with van der Waals surface area (Å²) in [7, 11) is 0. The smallest absolute Gasteiger partial charge is 0.271 e. The summed E-state index contributed by atoms with van der Waals surface area (Å²) in [6.45, 7) is 3.20. The van der Waals surface area contributed by atoms with Crippen molar-refractivity contribution in [2.24, 2.45) is 5.73 Å². The molecule has 0 unspecified atom stereocenters. The van der Waals surface area contributed by atoms with E-state index in [9.17, 15) is 4.79 Å². The Morgan fingerprint density at radius 3 is 2.80 bits per heavy atom. The average molecular weight is 289 g/mol. The highest BCUT2D eigenvalue weighted by Crippen LogP contribution is 2.12. The van der Waals surface area contributed by atoms with Crippen LogP contribution in [0.5, 0.6) is 0 Å². The van der Waals surface area contributed by atoms with Gasteiger partial charge in [-0.2, -0.15) is 0 Å². The van der Waals surface area contributed by atoms with E-state index < -0.39 is 0 Å². The second kappa shape index (κ2) is 7.17. The predicted molar refractivity (Wildman–Crippen MR) is 81.9 cm³/mol. The van der Waals surface area contributed by atoms with Crippen LogP contribution in [0.25, 0.3) is 0 Å². The Hall–Kier alpha value is -1.72. The molecule has 0 aliphatic rings. The maximum Gasteiger partial charge on any atom is 0.271 e. The van der Waals surface area contributed by atoms with Crippen molar-refractivity contribution in [3.05, 3.63) is 51.5 Å². The van der Waals surface area contributed by atoms with Crippen molar-refractivity contribution in [2.45, 2.75) is 26.3 Å². The molecule has 1 aromatic carbocycles. The van der Waals surface area contributed by atoms with Crippen LogP contribution in [0.4, 0.5) is 0 Å². The Kier molecular flexibility index (Phi) is 5.26. The van der Waals surface area contributed by atoms with Crippen molar-refractivity contribution in [3.63, 3.8) is 0 Å². The van der Waals surface area contributed by atoms with Crippen LogP contribution in [0.2, 0.25) is 0 Å². The molecular formula is C15H19N3OS. The molecule has 0 atom stereocenters. The molecule has 0 aliphatic heterocycles. The van der Waals surface area contributed by atoms with Gasteiger partial charge in [0.15, 0.2) is 0 Å². The van der Waals surface area contributed by atoms with Gasteiger partial charge in [0.25, 0.3) is 5.91 Å². The lowest BCUT2D eigenvalue weighted by molar-refractivity contribution is 0.0946. The number of aromatic nitrogens is 1. The zero-order chi connectivity index (χ0) is 14.4. The third-order valence-corrected chi connectivity index (χ3v) is 3.99. The van der Waals surface area contributed by atoms with Crippen molar-refractivity contribution in [2.75, 3.05) is 6.54 Å². The fourth-order valence-electron chi connectivity index (χ4n) is 1.99. The van der Waals surface area contributed by atoms with Gasteiger partial charge < -0.3 is 11.1 Å². The van der Waals surface area contributed by atoms with Crippen LogP contribution in [-0.2, 0) is 19.4 Å². The third-order valence-electron chi connectivity index (χ3n) is 3.08. The number of nitrogens with two attached hydrogens (primary N) is 1. The van der Waals surface area contributed by atoms with E-state index in [1.54, 1.807) is 5.38 Å². The number of carbonyl (C=O) groups is 1. The van der Waals surface area contributed by atoms with Crippen molar-refractivity contribution in [1.82, 2.24) is 10.3 Å². The molecule has 0 fully saturated rings. The zero-order valence-corrected chi connectivity index (χ0v) is 12.4. The lowest BCUT2D eigenvalue weighted by atomic mass is 10.1. The van der Waals surface area contributed by atoms with Crippen LogP contribution in [0.1, 0.15) is 33.5 Å². The third kappa shape index (κ3) is 3.65. The van der Waals surface area contributed by atoms with Gasteiger partial charge in [-0.1, -0.05) is 31.2 Å². The first kappa shape index (κ1) is 14.7. The Bertz CT molecular complexity index is 580. The van der Waals surface area contributed by atoms with E-state index in [4.69, 9.17) is 5.73 Å². The van der Waals surface area contributed by atoms with Crippen LogP contribution < -0.4 is 11.1 Å². The monoisotopic (exact) mass is 289 g/mol. The lowest BCUT2D eigenvalue weighted by Gasteiger charge is -2.08. The maximum atomic E-state index is 12.0. The lowest BCUT2D eigenvalue weighted by Crippen LogP contribution is -2.23. The van der Waals surface area contributed by atoms with Gasteiger partial charge in [-0.3, -0.25) is 4.79 Å². The number of nitrogens with one attached hydrogen (secondary N) is 1. The summed E-state index contributed by atoms with van der Waals surface area (Å²) in [5.74, 6) is -0.129. The number of thiazole rings is 1. The quantitative estimate of drug-likeness (QED) is 0.856. The molecule has 0 aliphatic carbocycles. The number of rotatable bonds is 6. The average Bonchev–Trinajstić information content (AvgIpc) is 2.94. The van der Waals surface area contributed by atoms with E-state index >= 15 is 0 Å². The summed E-state index contributed by atoms with van der Waals surface area (Å²) in [6, 6.07) is 8.14. The van der Waals surface area contributed by atoms with Gasteiger partial charge in [0.1, 0.15) is 5.69 Å². The van der Waals surface area contributed by atoms with Crippen molar-refractivity contribution < 1.29 is 4.79 Å². The molecule has 2 aromatic rings. The summed E-state index contributed by atoms with van der Waals surface area (Å²) in [6.07, 6.45) is 1.68.